The first-order valence-electron chi connectivity index (χ1n) is 10.4. The number of nitrogens with two attached hydrogens (primary N) is 2. The average Bonchev–Trinajstić information content (AvgIpc) is 2.78. The van der Waals surface area contributed by atoms with E-state index < -0.39 is 34.9 Å². The van der Waals surface area contributed by atoms with Gasteiger partial charge in [-0.2, -0.15) is 26.3 Å². The van der Waals surface area contributed by atoms with Crippen LogP contribution in [-0.2, 0) is 12.4 Å². The summed E-state index contributed by atoms with van der Waals surface area (Å²) >= 11 is 0. The smallest absolute Gasteiger partial charge is 0.418 e. The van der Waals surface area contributed by atoms with E-state index in [9.17, 15) is 26.3 Å². The molecule has 0 bridgehead atoms. The first-order valence-corrected chi connectivity index (χ1v) is 10.4. The van der Waals surface area contributed by atoms with Crippen molar-refractivity contribution in [3.63, 3.8) is 0 Å². The number of anilines is 2. The van der Waals surface area contributed by atoms with Crippen LogP contribution in [0.2, 0.25) is 0 Å². The first-order chi connectivity index (χ1) is 16.9. The number of hydrogen-bond acceptors (Lipinski definition) is 4. The quantitative estimate of drug-likeness (QED) is 0.213. The van der Waals surface area contributed by atoms with Crippen molar-refractivity contribution in [2.45, 2.75) is 12.4 Å². The van der Waals surface area contributed by atoms with E-state index in [0.29, 0.717) is 11.5 Å². The van der Waals surface area contributed by atoms with E-state index in [1.54, 1.807) is 48.5 Å². The van der Waals surface area contributed by atoms with Crippen LogP contribution in [0.3, 0.4) is 0 Å². The van der Waals surface area contributed by atoms with Gasteiger partial charge in [-0.15, -0.1) is 0 Å². The Kier molecular flexibility index (Phi) is 6.45. The van der Waals surface area contributed by atoms with E-state index in [0.717, 1.165) is 35.4 Å². The predicted octanol–water partition coefficient (Wildman–Crippen LogP) is 8.14. The fourth-order valence-corrected chi connectivity index (χ4v) is 3.43. The predicted molar refractivity (Wildman–Crippen MR) is 124 cm³/mol. The van der Waals surface area contributed by atoms with E-state index in [-0.39, 0.29) is 11.5 Å². The molecule has 0 spiro atoms. The number of hydrogen-bond donors (Lipinski definition) is 2. The molecule has 0 saturated heterocycles. The lowest BCUT2D eigenvalue weighted by molar-refractivity contribution is -0.137. The summed E-state index contributed by atoms with van der Waals surface area (Å²) in [5.41, 5.74) is 9.89. The maximum atomic E-state index is 12.8. The number of rotatable bonds is 5. The zero-order valence-electron chi connectivity index (χ0n) is 18.3. The summed E-state index contributed by atoms with van der Waals surface area (Å²) in [7, 11) is 0. The molecule has 0 aliphatic heterocycles. The van der Waals surface area contributed by atoms with Gasteiger partial charge in [0.2, 0.25) is 0 Å². The third-order valence-electron chi connectivity index (χ3n) is 5.17. The van der Waals surface area contributed by atoms with Crippen molar-refractivity contribution >= 4 is 11.4 Å². The molecule has 4 nitrogen and oxygen atoms in total. The molecule has 0 radical (unpaired) electrons. The highest BCUT2D eigenvalue weighted by Gasteiger charge is 2.33. The molecule has 4 N–H and O–H groups in total. The number of nitrogen functional groups attached to an aromatic ring is 2. The molecule has 0 fully saturated rings. The normalized spacial score (nSPS) is 11.8. The van der Waals surface area contributed by atoms with Gasteiger partial charge in [-0.25, -0.2) is 0 Å². The van der Waals surface area contributed by atoms with Gasteiger partial charge in [-0.3, -0.25) is 0 Å². The zero-order valence-corrected chi connectivity index (χ0v) is 18.3. The first kappa shape index (κ1) is 24.8. The van der Waals surface area contributed by atoms with Crippen LogP contribution in [0.5, 0.6) is 23.0 Å². The number of ether oxygens (including phenoxy) is 2. The Balaban J connectivity index is 1.43. The maximum absolute atomic E-state index is 12.8. The van der Waals surface area contributed by atoms with Gasteiger partial charge in [0.1, 0.15) is 23.0 Å². The Morgan fingerprint density at radius 2 is 0.750 bits per heavy atom. The third kappa shape index (κ3) is 5.65. The summed E-state index contributed by atoms with van der Waals surface area (Å²) in [4.78, 5) is 0. The van der Waals surface area contributed by atoms with Crippen molar-refractivity contribution in [3.05, 3.63) is 96.1 Å². The number of halogens is 6. The molecular formula is C26H18F6N2O2. The van der Waals surface area contributed by atoms with E-state index in [1.165, 1.54) is 12.1 Å². The fourth-order valence-electron chi connectivity index (χ4n) is 3.43. The Labute approximate surface area is 201 Å². The van der Waals surface area contributed by atoms with Crippen molar-refractivity contribution < 1.29 is 35.8 Å². The molecule has 0 aromatic heterocycles. The monoisotopic (exact) mass is 504 g/mol. The summed E-state index contributed by atoms with van der Waals surface area (Å²) in [5, 5.41) is 0. The summed E-state index contributed by atoms with van der Waals surface area (Å²) < 4.78 is 88.3. The zero-order chi connectivity index (χ0) is 26.1. The van der Waals surface area contributed by atoms with Gasteiger partial charge >= 0.3 is 12.4 Å². The van der Waals surface area contributed by atoms with Gasteiger partial charge in [-0.1, -0.05) is 24.3 Å². The van der Waals surface area contributed by atoms with Gasteiger partial charge in [-0.05, 0) is 59.7 Å². The number of benzene rings is 4. The van der Waals surface area contributed by atoms with Gasteiger partial charge in [0.15, 0.2) is 0 Å². The van der Waals surface area contributed by atoms with Crippen LogP contribution in [-0.4, -0.2) is 0 Å². The second-order valence-corrected chi connectivity index (χ2v) is 7.75. The minimum Gasteiger partial charge on any atom is -0.457 e. The largest absolute Gasteiger partial charge is 0.457 e. The molecule has 0 amide bonds. The lowest BCUT2D eigenvalue weighted by Gasteiger charge is -2.13. The molecule has 0 aliphatic carbocycles. The van der Waals surface area contributed by atoms with Crippen molar-refractivity contribution in [1.29, 1.82) is 0 Å². The molecule has 0 unspecified atom stereocenters. The Hall–Kier alpha value is -4.34. The molecular weight excluding hydrogens is 486 g/mol. The van der Waals surface area contributed by atoms with E-state index in [4.69, 9.17) is 20.9 Å². The molecule has 10 heteroatoms. The minimum absolute atomic E-state index is 0.165. The Bertz CT molecular complexity index is 1260. The van der Waals surface area contributed by atoms with Crippen LogP contribution in [0.25, 0.3) is 11.1 Å². The van der Waals surface area contributed by atoms with Crippen LogP contribution in [0.4, 0.5) is 37.7 Å². The standard InChI is InChI=1S/C26H18F6N2O2/c27-25(28,29)21-11-9-19(13-23(21)33)35-17-5-1-15(2-6-17)16-3-7-18(8-4-16)36-20-10-12-22(24(34)14-20)26(30,31)32/h1-14H,33-34H2. The van der Waals surface area contributed by atoms with Gasteiger partial charge in [0, 0.05) is 23.5 Å². The van der Waals surface area contributed by atoms with Crippen LogP contribution in [0.1, 0.15) is 11.1 Å². The van der Waals surface area contributed by atoms with Crippen molar-refractivity contribution in [2.75, 3.05) is 11.5 Å². The van der Waals surface area contributed by atoms with E-state index in [2.05, 4.69) is 0 Å². The Morgan fingerprint density at radius 1 is 0.444 bits per heavy atom. The number of alkyl halides is 6. The second kappa shape index (κ2) is 9.37. The van der Waals surface area contributed by atoms with Crippen LogP contribution < -0.4 is 20.9 Å². The Morgan fingerprint density at radius 3 is 1.03 bits per heavy atom. The molecule has 4 aromatic carbocycles. The van der Waals surface area contributed by atoms with Gasteiger partial charge in [0.05, 0.1) is 11.1 Å². The van der Waals surface area contributed by atoms with Crippen LogP contribution in [0, 0.1) is 0 Å². The molecule has 0 aliphatic rings. The molecule has 0 saturated carbocycles. The summed E-state index contributed by atoms with van der Waals surface area (Å²) in [6, 6.07) is 20.0. The molecule has 0 heterocycles. The lowest BCUT2D eigenvalue weighted by Crippen LogP contribution is -2.08. The van der Waals surface area contributed by atoms with Gasteiger partial charge in [0.25, 0.3) is 0 Å². The summed E-state index contributed by atoms with van der Waals surface area (Å²) in [6.45, 7) is 0. The molecule has 4 aromatic rings. The lowest BCUT2D eigenvalue weighted by atomic mass is 10.1. The van der Waals surface area contributed by atoms with Gasteiger partial charge < -0.3 is 20.9 Å². The topological polar surface area (TPSA) is 70.5 Å². The maximum Gasteiger partial charge on any atom is 0.418 e. The van der Waals surface area contributed by atoms with Crippen LogP contribution >= 0.6 is 0 Å². The van der Waals surface area contributed by atoms with E-state index >= 15 is 0 Å². The fraction of sp³-hybridized carbons (Fsp3) is 0.0769. The minimum atomic E-state index is -4.55. The highest BCUT2D eigenvalue weighted by atomic mass is 19.4. The SMILES string of the molecule is Nc1cc(Oc2ccc(-c3ccc(Oc4ccc(C(F)(F)F)c(N)c4)cc3)cc2)ccc1C(F)(F)F. The van der Waals surface area contributed by atoms with Crippen molar-refractivity contribution in [1.82, 2.24) is 0 Å². The third-order valence-corrected chi connectivity index (χ3v) is 5.17. The summed E-state index contributed by atoms with van der Waals surface area (Å²) in [5.74, 6) is 1.13. The molecule has 0 atom stereocenters. The van der Waals surface area contributed by atoms with Crippen LogP contribution in [0.15, 0.2) is 84.9 Å². The highest BCUT2D eigenvalue weighted by molar-refractivity contribution is 5.65. The second-order valence-electron chi connectivity index (χ2n) is 7.75. The molecule has 186 valence electrons. The van der Waals surface area contributed by atoms with Crippen molar-refractivity contribution in [3.8, 4) is 34.1 Å². The average molecular weight is 504 g/mol. The van der Waals surface area contributed by atoms with Crippen molar-refractivity contribution in [2.24, 2.45) is 0 Å². The van der Waals surface area contributed by atoms with E-state index in [1.807, 2.05) is 0 Å². The highest BCUT2D eigenvalue weighted by Crippen LogP contribution is 2.38. The molecule has 36 heavy (non-hydrogen) atoms. The summed E-state index contributed by atoms with van der Waals surface area (Å²) in [6.07, 6.45) is -9.09. The molecule has 4 rings (SSSR count).